The molecule has 1 aromatic carbocycles. The number of aromatic nitrogens is 1. The molecule has 1 aliphatic carbocycles. The van der Waals surface area contributed by atoms with Crippen molar-refractivity contribution in [1.29, 1.82) is 5.41 Å². The first-order chi connectivity index (χ1) is 17.4. The van der Waals surface area contributed by atoms with Gasteiger partial charge in [-0.15, -0.1) is 0 Å². The van der Waals surface area contributed by atoms with Crippen LogP contribution in [0.1, 0.15) is 58.4 Å². The molecule has 0 unspecified atom stereocenters. The number of nitrogens with zero attached hydrogens (tertiary/aromatic N) is 2. The molecule has 194 valence electrons. The summed E-state index contributed by atoms with van der Waals surface area (Å²) in [5.74, 6) is -0.286. The smallest absolute Gasteiger partial charge is 0.253 e. The summed E-state index contributed by atoms with van der Waals surface area (Å²) in [5, 5.41) is 14.7. The number of nitrogens with two attached hydrogens (primary N) is 1. The summed E-state index contributed by atoms with van der Waals surface area (Å²) >= 11 is 0. The van der Waals surface area contributed by atoms with Crippen molar-refractivity contribution in [1.82, 2.24) is 15.2 Å². The van der Waals surface area contributed by atoms with Gasteiger partial charge in [-0.25, -0.2) is 0 Å². The van der Waals surface area contributed by atoms with E-state index in [0.29, 0.717) is 29.3 Å². The van der Waals surface area contributed by atoms with E-state index >= 15 is 0 Å². The number of anilines is 2. The van der Waals surface area contributed by atoms with E-state index in [2.05, 4.69) is 31.5 Å². The van der Waals surface area contributed by atoms with Crippen molar-refractivity contribution in [2.24, 2.45) is 5.73 Å². The van der Waals surface area contributed by atoms with E-state index in [1.54, 1.807) is 0 Å². The molecule has 36 heavy (non-hydrogen) atoms. The van der Waals surface area contributed by atoms with Crippen molar-refractivity contribution in [3.8, 4) is 0 Å². The van der Waals surface area contributed by atoms with Gasteiger partial charge in [-0.3, -0.25) is 14.5 Å². The van der Waals surface area contributed by atoms with Gasteiger partial charge in [-0.1, -0.05) is 12.8 Å². The zero-order chi connectivity index (χ0) is 25.7. The van der Waals surface area contributed by atoms with Crippen LogP contribution in [0, 0.1) is 19.3 Å². The molecule has 4 rings (SSSR count). The van der Waals surface area contributed by atoms with E-state index in [4.69, 9.17) is 11.1 Å². The highest BCUT2D eigenvalue weighted by atomic mass is 16.1. The topological polar surface area (TPSA) is 130 Å². The number of piperazine rings is 1. The van der Waals surface area contributed by atoms with Crippen LogP contribution in [0.2, 0.25) is 0 Å². The highest BCUT2D eigenvalue weighted by molar-refractivity contribution is 6.06. The first kappa shape index (κ1) is 25.9. The average Bonchev–Trinajstić information content (AvgIpc) is 3.36. The summed E-state index contributed by atoms with van der Waals surface area (Å²) in [6.07, 6.45) is 5.84. The molecule has 0 atom stereocenters. The number of aromatic amines is 1. The Balaban J connectivity index is 1.62. The maximum absolute atomic E-state index is 13.5. The summed E-state index contributed by atoms with van der Waals surface area (Å²) in [5.41, 5.74) is 10.6. The lowest BCUT2D eigenvalue weighted by Crippen LogP contribution is -2.47. The Morgan fingerprint density at radius 2 is 1.89 bits per heavy atom. The normalized spacial score (nSPS) is 16.8. The number of hydrogen-bond acceptors (Lipinski definition) is 7. The molecular weight excluding hydrogens is 454 g/mol. The summed E-state index contributed by atoms with van der Waals surface area (Å²) in [6, 6.07) is 6.23. The van der Waals surface area contributed by atoms with Gasteiger partial charge in [0, 0.05) is 86.3 Å². The van der Waals surface area contributed by atoms with Gasteiger partial charge < -0.3 is 31.7 Å². The fourth-order valence-corrected chi connectivity index (χ4v) is 5.35. The number of carbonyl (C=O) groups excluding carboxylic acids is 1. The van der Waals surface area contributed by atoms with Crippen LogP contribution in [-0.2, 0) is 6.54 Å². The number of benzene rings is 1. The zero-order valence-electron chi connectivity index (χ0n) is 21.5. The molecular formula is C27H39N7O2. The molecule has 2 fully saturated rings. The Morgan fingerprint density at radius 1 is 1.17 bits per heavy atom. The number of rotatable bonds is 9. The number of amides is 1. The number of nitrogens with one attached hydrogen (secondary N) is 4. The Hall–Kier alpha value is -3.17. The molecule has 1 saturated heterocycles. The van der Waals surface area contributed by atoms with Gasteiger partial charge in [0.15, 0.2) is 0 Å². The number of pyridine rings is 1. The first-order valence-electron chi connectivity index (χ1n) is 13.0. The first-order valence-corrected chi connectivity index (χ1v) is 13.0. The predicted molar refractivity (Wildman–Crippen MR) is 146 cm³/mol. The number of H-pyrrole nitrogens is 1. The monoisotopic (exact) mass is 493 g/mol. The van der Waals surface area contributed by atoms with E-state index in [1.807, 2.05) is 26.0 Å². The lowest BCUT2D eigenvalue weighted by Gasteiger charge is -2.36. The number of carbonyl (C=O) groups is 1. The minimum atomic E-state index is -0.286. The quantitative estimate of drug-likeness (QED) is 0.341. The Bertz CT molecular complexity index is 1150. The third-order valence-corrected chi connectivity index (χ3v) is 7.37. The van der Waals surface area contributed by atoms with Crippen molar-refractivity contribution < 1.29 is 4.79 Å². The Labute approximate surface area is 213 Å². The fraction of sp³-hybridized carbons (Fsp3) is 0.519. The van der Waals surface area contributed by atoms with Crippen LogP contribution in [0.3, 0.4) is 0 Å². The second kappa shape index (κ2) is 11.7. The molecule has 2 aliphatic rings. The molecule has 1 aromatic heterocycles. The Morgan fingerprint density at radius 3 is 2.53 bits per heavy atom. The minimum Gasteiger partial charge on any atom is -0.382 e. The fourth-order valence-electron chi connectivity index (χ4n) is 5.35. The second-order valence-electron chi connectivity index (χ2n) is 9.97. The SMILES string of the molecule is Cc1cc(C)c(CNC(=O)c2cc(N3CCN(CCN)CC3)cc(NC3CCCC3)c2C=N)c(=O)[nH]1. The van der Waals surface area contributed by atoms with Crippen LogP contribution in [0.25, 0.3) is 0 Å². The van der Waals surface area contributed by atoms with Crippen LogP contribution < -0.4 is 26.8 Å². The van der Waals surface area contributed by atoms with Crippen molar-refractivity contribution in [3.63, 3.8) is 0 Å². The average molecular weight is 494 g/mol. The summed E-state index contributed by atoms with van der Waals surface area (Å²) in [6.45, 7) is 8.94. The van der Waals surface area contributed by atoms with Gasteiger partial charge in [0.1, 0.15) is 0 Å². The third-order valence-electron chi connectivity index (χ3n) is 7.37. The maximum Gasteiger partial charge on any atom is 0.253 e. The van der Waals surface area contributed by atoms with Crippen molar-refractivity contribution in [2.45, 2.75) is 52.1 Å². The van der Waals surface area contributed by atoms with Crippen LogP contribution in [-0.4, -0.2) is 67.3 Å². The molecule has 0 spiro atoms. The van der Waals surface area contributed by atoms with Crippen molar-refractivity contribution in [2.75, 3.05) is 49.5 Å². The summed E-state index contributed by atoms with van der Waals surface area (Å²) in [4.78, 5) is 33.4. The van der Waals surface area contributed by atoms with E-state index in [0.717, 1.165) is 68.2 Å². The second-order valence-corrected chi connectivity index (χ2v) is 9.97. The van der Waals surface area contributed by atoms with E-state index in [1.165, 1.54) is 19.1 Å². The third kappa shape index (κ3) is 5.96. The standard InChI is InChI=1S/C27H39N7O2/c1-18-13-19(2)31-27(36)24(18)17-30-26(35)22-14-21(34-11-9-33(8-7-28)10-12-34)15-25(23(22)16-29)32-20-5-3-4-6-20/h13-16,20,29,32H,3-12,17,28H2,1-2H3,(H,30,35)(H,31,36). The molecule has 0 radical (unpaired) electrons. The van der Waals surface area contributed by atoms with Gasteiger partial charge in [0.05, 0.1) is 5.56 Å². The molecule has 1 amide bonds. The summed E-state index contributed by atoms with van der Waals surface area (Å²) < 4.78 is 0. The molecule has 1 saturated carbocycles. The molecule has 9 nitrogen and oxygen atoms in total. The minimum absolute atomic E-state index is 0.130. The number of aryl methyl sites for hydroxylation is 2. The largest absolute Gasteiger partial charge is 0.382 e. The van der Waals surface area contributed by atoms with E-state index in [-0.39, 0.29) is 18.0 Å². The van der Waals surface area contributed by atoms with Crippen LogP contribution >= 0.6 is 0 Å². The van der Waals surface area contributed by atoms with E-state index in [9.17, 15) is 9.59 Å². The highest BCUT2D eigenvalue weighted by Crippen LogP contribution is 2.31. The number of hydrogen-bond donors (Lipinski definition) is 5. The van der Waals surface area contributed by atoms with Crippen molar-refractivity contribution in [3.05, 3.63) is 56.5 Å². The van der Waals surface area contributed by atoms with E-state index < -0.39 is 0 Å². The zero-order valence-corrected chi connectivity index (χ0v) is 21.5. The lowest BCUT2D eigenvalue weighted by molar-refractivity contribution is 0.0950. The van der Waals surface area contributed by atoms with Crippen LogP contribution in [0.4, 0.5) is 11.4 Å². The molecule has 2 heterocycles. The van der Waals surface area contributed by atoms with Crippen molar-refractivity contribution >= 4 is 23.5 Å². The lowest BCUT2D eigenvalue weighted by atomic mass is 10.0. The van der Waals surface area contributed by atoms with Gasteiger partial charge in [0.2, 0.25) is 0 Å². The predicted octanol–water partition coefficient (Wildman–Crippen LogP) is 2.35. The summed E-state index contributed by atoms with van der Waals surface area (Å²) in [7, 11) is 0. The van der Waals surface area contributed by atoms with Gasteiger partial charge in [0.25, 0.3) is 11.5 Å². The van der Waals surface area contributed by atoms with Gasteiger partial charge >= 0.3 is 0 Å². The van der Waals surface area contributed by atoms with Crippen LogP contribution in [0.15, 0.2) is 23.0 Å². The molecule has 6 N–H and O–H groups in total. The van der Waals surface area contributed by atoms with Crippen LogP contribution in [0.5, 0.6) is 0 Å². The molecule has 2 aromatic rings. The molecule has 1 aliphatic heterocycles. The maximum atomic E-state index is 13.5. The highest BCUT2D eigenvalue weighted by Gasteiger charge is 2.23. The molecule has 0 bridgehead atoms. The van der Waals surface area contributed by atoms with Gasteiger partial charge in [-0.2, -0.15) is 0 Å². The molecule has 9 heteroatoms. The Kier molecular flexibility index (Phi) is 8.43. The van der Waals surface area contributed by atoms with Gasteiger partial charge in [-0.05, 0) is 50.5 Å².